The van der Waals surface area contributed by atoms with Crippen LogP contribution in [0, 0.1) is 5.82 Å². The van der Waals surface area contributed by atoms with E-state index >= 15 is 0 Å². The largest absolute Gasteiger partial charge is 0.343 e. The molecule has 3 heterocycles. The third kappa shape index (κ3) is 4.28. The fraction of sp³-hybridized carbons (Fsp3) is 0.423. The highest BCUT2D eigenvalue weighted by Gasteiger charge is 2.25. The Hall–Kier alpha value is -2.37. The smallest absolute Gasteiger partial charge is 0.222 e. The number of hydrogen-bond donors (Lipinski definition) is 0. The van der Waals surface area contributed by atoms with E-state index in [1.54, 1.807) is 6.07 Å². The number of likely N-dealkylation sites (tertiary alicyclic amines) is 1. The number of amides is 1. The van der Waals surface area contributed by atoms with Gasteiger partial charge in [-0.1, -0.05) is 17.7 Å². The first-order chi connectivity index (χ1) is 15.6. The molecule has 1 aromatic heterocycles. The lowest BCUT2D eigenvalue weighted by Gasteiger charge is -2.29. The van der Waals surface area contributed by atoms with Crippen molar-refractivity contribution in [1.82, 2.24) is 14.4 Å². The Kier molecular flexibility index (Phi) is 6.20. The second-order valence-corrected chi connectivity index (χ2v) is 9.41. The van der Waals surface area contributed by atoms with Crippen molar-refractivity contribution in [2.45, 2.75) is 45.1 Å². The molecule has 0 spiro atoms. The molecule has 1 saturated heterocycles. The molecule has 0 unspecified atom stereocenters. The molecule has 3 aromatic rings. The molecule has 1 amide bonds. The molecule has 0 atom stereocenters. The SMILES string of the molecule is O=C1CCCCN1CCCCN1CCc2c(c3cc(F)ccc3n2-c2cccc(Cl)c2)C1. The summed E-state index contributed by atoms with van der Waals surface area (Å²) in [4.78, 5) is 16.5. The summed E-state index contributed by atoms with van der Waals surface area (Å²) >= 11 is 6.27. The molecule has 32 heavy (non-hydrogen) atoms. The van der Waals surface area contributed by atoms with Gasteiger partial charge >= 0.3 is 0 Å². The van der Waals surface area contributed by atoms with E-state index in [2.05, 4.69) is 15.5 Å². The second-order valence-electron chi connectivity index (χ2n) is 8.97. The van der Waals surface area contributed by atoms with Crippen LogP contribution in [0.15, 0.2) is 42.5 Å². The lowest BCUT2D eigenvalue weighted by molar-refractivity contribution is -0.133. The number of halogens is 2. The van der Waals surface area contributed by atoms with Gasteiger partial charge in [0.05, 0.1) is 5.52 Å². The fourth-order valence-corrected chi connectivity index (χ4v) is 5.41. The average molecular weight is 454 g/mol. The Morgan fingerprint density at radius 1 is 0.969 bits per heavy atom. The summed E-state index contributed by atoms with van der Waals surface area (Å²) in [5, 5.41) is 1.69. The number of hydrogen-bond acceptors (Lipinski definition) is 2. The molecule has 4 nitrogen and oxygen atoms in total. The predicted molar refractivity (Wildman–Crippen MR) is 127 cm³/mol. The summed E-state index contributed by atoms with van der Waals surface area (Å²) in [6.45, 7) is 4.60. The quantitative estimate of drug-likeness (QED) is 0.456. The van der Waals surface area contributed by atoms with Gasteiger partial charge in [0.2, 0.25) is 5.91 Å². The number of carbonyl (C=O) groups is 1. The molecule has 2 aromatic carbocycles. The molecule has 0 N–H and O–H groups in total. The Morgan fingerprint density at radius 3 is 2.69 bits per heavy atom. The summed E-state index contributed by atoms with van der Waals surface area (Å²) in [5.74, 6) is 0.113. The number of aromatic nitrogens is 1. The minimum absolute atomic E-state index is 0.202. The van der Waals surface area contributed by atoms with Crippen molar-refractivity contribution in [3.8, 4) is 5.69 Å². The van der Waals surface area contributed by atoms with E-state index < -0.39 is 0 Å². The summed E-state index contributed by atoms with van der Waals surface area (Å²) < 4.78 is 16.4. The lowest BCUT2D eigenvalue weighted by Crippen LogP contribution is -2.36. The van der Waals surface area contributed by atoms with Crippen LogP contribution in [0.25, 0.3) is 16.6 Å². The summed E-state index contributed by atoms with van der Waals surface area (Å²) in [5.41, 5.74) is 4.53. The molecule has 2 aliphatic rings. The molecule has 5 rings (SSSR count). The van der Waals surface area contributed by atoms with Crippen LogP contribution in [0.2, 0.25) is 5.02 Å². The maximum absolute atomic E-state index is 14.2. The highest BCUT2D eigenvalue weighted by molar-refractivity contribution is 6.30. The van der Waals surface area contributed by atoms with Crippen molar-refractivity contribution in [3.63, 3.8) is 0 Å². The van der Waals surface area contributed by atoms with Gasteiger partial charge < -0.3 is 9.47 Å². The van der Waals surface area contributed by atoms with Crippen molar-refractivity contribution in [2.75, 3.05) is 26.2 Å². The molecule has 2 aliphatic heterocycles. The van der Waals surface area contributed by atoms with Crippen LogP contribution >= 0.6 is 11.6 Å². The minimum atomic E-state index is -0.202. The molecule has 6 heteroatoms. The van der Waals surface area contributed by atoms with Crippen molar-refractivity contribution >= 4 is 28.4 Å². The minimum Gasteiger partial charge on any atom is -0.343 e. The molecule has 0 radical (unpaired) electrons. The molecule has 168 valence electrons. The molecular weight excluding hydrogens is 425 g/mol. The van der Waals surface area contributed by atoms with Gasteiger partial charge in [0.15, 0.2) is 0 Å². The number of piperidine rings is 1. The van der Waals surface area contributed by atoms with E-state index in [9.17, 15) is 9.18 Å². The molecule has 0 bridgehead atoms. The first-order valence-electron chi connectivity index (χ1n) is 11.7. The third-order valence-electron chi connectivity index (χ3n) is 6.83. The maximum atomic E-state index is 14.2. The number of benzene rings is 2. The van der Waals surface area contributed by atoms with Crippen molar-refractivity contribution in [1.29, 1.82) is 0 Å². The molecule has 0 aliphatic carbocycles. The lowest BCUT2D eigenvalue weighted by atomic mass is 10.0. The number of unbranched alkanes of at least 4 members (excludes halogenated alkanes) is 1. The number of nitrogens with zero attached hydrogens (tertiary/aromatic N) is 3. The molecule has 1 fully saturated rings. The van der Waals surface area contributed by atoms with Gasteiger partial charge in [-0.15, -0.1) is 0 Å². The van der Waals surface area contributed by atoms with Crippen molar-refractivity contribution in [3.05, 3.63) is 64.6 Å². The van der Waals surface area contributed by atoms with E-state index in [0.717, 1.165) is 81.4 Å². The molecule has 0 saturated carbocycles. The van der Waals surface area contributed by atoms with E-state index in [1.807, 2.05) is 29.2 Å². The Bertz CT molecular complexity index is 1140. The van der Waals surface area contributed by atoms with Gasteiger partial charge in [0.25, 0.3) is 0 Å². The maximum Gasteiger partial charge on any atom is 0.222 e. The molecular formula is C26H29ClFN3O. The highest BCUT2D eigenvalue weighted by atomic mass is 35.5. The Balaban J connectivity index is 1.33. The van der Waals surface area contributed by atoms with Gasteiger partial charge in [0.1, 0.15) is 5.82 Å². The zero-order valence-corrected chi connectivity index (χ0v) is 19.1. The number of fused-ring (bicyclic) bond motifs is 3. The monoisotopic (exact) mass is 453 g/mol. The average Bonchev–Trinajstić information content (AvgIpc) is 3.11. The van der Waals surface area contributed by atoms with Crippen LogP contribution in [0.1, 0.15) is 43.4 Å². The van der Waals surface area contributed by atoms with Crippen LogP contribution < -0.4 is 0 Å². The summed E-state index contributed by atoms with van der Waals surface area (Å²) in [6, 6.07) is 12.9. The predicted octanol–water partition coefficient (Wildman–Crippen LogP) is 5.57. The zero-order valence-electron chi connectivity index (χ0n) is 18.3. The van der Waals surface area contributed by atoms with Crippen LogP contribution in [-0.2, 0) is 17.8 Å². The van der Waals surface area contributed by atoms with Crippen LogP contribution in [0.4, 0.5) is 4.39 Å². The van der Waals surface area contributed by atoms with Gasteiger partial charge in [-0.05, 0) is 74.2 Å². The Morgan fingerprint density at radius 2 is 1.84 bits per heavy atom. The van der Waals surface area contributed by atoms with Gasteiger partial charge in [-0.2, -0.15) is 0 Å². The van der Waals surface area contributed by atoms with E-state index in [4.69, 9.17) is 11.6 Å². The van der Waals surface area contributed by atoms with E-state index in [-0.39, 0.29) is 5.82 Å². The van der Waals surface area contributed by atoms with Crippen LogP contribution in [-0.4, -0.2) is 46.5 Å². The highest BCUT2D eigenvalue weighted by Crippen LogP contribution is 2.34. The van der Waals surface area contributed by atoms with Gasteiger partial charge in [0, 0.05) is 60.8 Å². The van der Waals surface area contributed by atoms with Crippen LogP contribution in [0.5, 0.6) is 0 Å². The summed E-state index contributed by atoms with van der Waals surface area (Å²) in [7, 11) is 0. The van der Waals surface area contributed by atoms with E-state index in [1.165, 1.54) is 17.3 Å². The van der Waals surface area contributed by atoms with Crippen molar-refractivity contribution < 1.29 is 9.18 Å². The summed E-state index contributed by atoms with van der Waals surface area (Å²) in [6.07, 6.45) is 5.90. The van der Waals surface area contributed by atoms with Gasteiger partial charge in [-0.25, -0.2) is 4.39 Å². The van der Waals surface area contributed by atoms with Crippen molar-refractivity contribution in [2.24, 2.45) is 0 Å². The third-order valence-corrected chi connectivity index (χ3v) is 7.06. The first-order valence-corrected chi connectivity index (χ1v) is 12.1. The normalized spacial score (nSPS) is 17.2. The standard InChI is InChI=1S/C26H29ClFN3O/c27-19-6-5-7-21(16-19)31-24-10-9-20(28)17-22(24)23-18-29(15-11-25(23)31)12-3-4-14-30-13-2-1-8-26(30)32/h5-7,9-10,16-17H,1-4,8,11-15,18H2. The topological polar surface area (TPSA) is 28.5 Å². The number of carbonyl (C=O) groups excluding carboxylic acids is 1. The number of rotatable bonds is 6. The van der Waals surface area contributed by atoms with Gasteiger partial charge in [-0.3, -0.25) is 9.69 Å². The fourth-order valence-electron chi connectivity index (χ4n) is 5.22. The van der Waals surface area contributed by atoms with E-state index in [0.29, 0.717) is 17.4 Å². The zero-order chi connectivity index (χ0) is 22.1. The second kappa shape index (κ2) is 9.24. The Labute approximate surface area is 193 Å². The van der Waals surface area contributed by atoms with Crippen LogP contribution in [0.3, 0.4) is 0 Å². The first kappa shape index (κ1) is 21.5.